The normalized spacial score (nSPS) is 10.6. The Balaban J connectivity index is 2.57. The van der Waals surface area contributed by atoms with Crippen LogP contribution >= 0.6 is 23.6 Å². The Kier molecular flexibility index (Phi) is 2.01. The van der Waals surface area contributed by atoms with Gasteiger partial charge in [-0.2, -0.15) is 10.2 Å². The van der Waals surface area contributed by atoms with Crippen LogP contribution in [-0.4, -0.2) is 20.0 Å². The first-order chi connectivity index (χ1) is 6.16. The Morgan fingerprint density at radius 3 is 2.85 bits per heavy atom. The average Bonchev–Trinajstić information content (AvgIpc) is 2.58. The van der Waals surface area contributed by atoms with Gasteiger partial charge in [0, 0.05) is 13.2 Å². The zero-order valence-corrected chi connectivity index (χ0v) is 8.87. The predicted octanol–water partition coefficient (Wildman–Crippen LogP) is 1.91. The summed E-state index contributed by atoms with van der Waals surface area (Å²) < 4.78 is 2.47. The SMILES string of the molecule is Cc1nn(C)cc1-c1n[nH]c(=S)s1. The first-order valence-corrected chi connectivity index (χ1v) is 4.95. The fourth-order valence-corrected chi connectivity index (χ4v) is 2.11. The van der Waals surface area contributed by atoms with Crippen LogP contribution in [0.15, 0.2) is 6.20 Å². The smallest absolute Gasteiger partial charge is 0.176 e. The number of hydrogen-bond acceptors (Lipinski definition) is 4. The van der Waals surface area contributed by atoms with Gasteiger partial charge in [-0.25, -0.2) is 0 Å². The summed E-state index contributed by atoms with van der Waals surface area (Å²) in [4.78, 5) is 0. The number of aromatic nitrogens is 4. The Labute approximate surface area is 84.2 Å². The van der Waals surface area contributed by atoms with E-state index in [-0.39, 0.29) is 0 Å². The molecule has 2 heterocycles. The Hall–Kier alpha value is -1.01. The second-order valence-electron chi connectivity index (χ2n) is 2.72. The van der Waals surface area contributed by atoms with E-state index in [1.54, 1.807) is 4.68 Å². The van der Waals surface area contributed by atoms with Crippen LogP contribution in [0, 0.1) is 10.9 Å². The number of H-pyrrole nitrogens is 1. The van der Waals surface area contributed by atoms with E-state index < -0.39 is 0 Å². The molecule has 0 aliphatic heterocycles. The van der Waals surface area contributed by atoms with Gasteiger partial charge in [-0.15, -0.1) is 0 Å². The van der Waals surface area contributed by atoms with Crippen molar-refractivity contribution in [3.63, 3.8) is 0 Å². The van der Waals surface area contributed by atoms with Gasteiger partial charge in [-0.1, -0.05) is 11.3 Å². The van der Waals surface area contributed by atoms with Crippen molar-refractivity contribution < 1.29 is 0 Å². The van der Waals surface area contributed by atoms with Crippen LogP contribution in [0.3, 0.4) is 0 Å². The Morgan fingerprint density at radius 1 is 1.62 bits per heavy atom. The van der Waals surface area contributed by atoms with E-state index >= 15 is 0 Å². The molecule has 0 radical (unpaired) electrons. The first kappa shape index (κ1) is 8.58. The molecule has 4 nitrogen and oxygen atoms in total. The van der Waals surface area contributed by atoms with Gasteiger partial charge in [0.1, 0.15) is 5.01 Å². The van der Waals surface area contributed by atoms with Crippen molar-refractivity contribution in [3.05, 3.63) is 15.8 Å². The molecule has 2 aromatic heterocycles. The summed E-state index contributed by atoms with van der Waals surface area (Å²) in [6, 6.07) is 0. The van der Waals surface area contributed by atoms with Crippen molar-refractivity contribution in [3.8, 4) is 10.6 Å². The van der Waals surface area contributed by atoms with E-state index in [9.17, 15) is 0 Å². The second-order valence-corrected chi connectivity index (χ2v) is 4.39. The quantitative estimate of drug-likeness (QED) is 0.734. The molecule has 0 saturated heterocycles. The molecule has 0 amide bonds. The van der Waals surface area contributed by atoms with Crippen molar-refractivity contribution >= 4 is 23.6 Å². The molecule has 0 aromatic carbocycles. The number of nitrogens with zero attached hydrogens (tertiary/aromatic N) is 3. The molecule has 0 fully saturated rings. The molecule has 2 rings (SSSR count). The largest absolute Gasteiger partial charge is 0.275 e. The van der Waals surface area contributed by atoms with Crippen LogP contribution in [0.4, 0.5) is 0 Å². The van der Waals surface area contributed by atoms with Crippen molar-refractivity contribution in [2.45, 2.75) is 6.92 Å². The standard InChI is InChI=1S/C7H8N4S2/c1-4-5(3-11(2)10-4)6-8-9-7(12)13-6/h3H,1-2H3,(H,9,12). The molecule has 0 aliphatic carbocycles. The molecule has 0 saturated carbocycles. The van der Waals surface area contributed by atoms with Gasteiger partial charge >= 0.3 is 0 Å². The molecule has 68 valence electrons. The Bertz CT molecular complexity index is 479. The topological polar surface area (TPSA) is 46.5 Å². The minimum absolute atomic E-state index is 0.693. The third-order valence-corrected chi connectivity index (χ3v) is 2.80. The van der Waals surface area contributed by atoms with Gasteiger partial charge in [0.2, 0.25) is 0 Å². The van der Waals surface area contributed by atoms with Gasteiger partial charge in [0.15, 0.2) is 3.95 Å². The molecule has 13 heavy (non-hydrogen) atoms. The summed E-state index contributed by atoms with van der Waals surface area (Å²) in [5.74, 6) is 0. The average molecular weight is 212 g/mol. The fourth-order valence-electron chi connectivity index (χ4n) is 1.15. The van der Waals surface area contributed by atoms with Gasteiger partial charge in [0.05, 0.1) is 11.3 Å². The summed E-state index contributed by atoms with van der Waals surface area (Å²) in [6.45, 7) is 1.96. The molecule has 0 bridgehead atoms. The minimum Gasteiger partial charge on any atom is -0.275 e. The molecule has 2 aromatic rings. The van der Waals surface area contributed by atoms with E-state index in [0.717, 1.165) is 16.3 Å². The molecule has 0 unspecified atom stereocenters. The van der Waals surface area contributed by atoms with Crippen LogP contribution in [0.2, 0.25) is 0 Å². The highest BCUT2D eigenvalue weighted by molar-refractivity contribution is 7.73. The molecule has 0 spiro atoms. The molecular weight excluding hydrogens is 204 g/mol. The van der Waals surface area contributed by atoms with Crippen LogP contribution in [0.25, 0.3) is 10.6 Å². The maximum Gasteiger partial charge on any atom is 0.176 e. The summed E-state index contributed by atoms with van der Waals surface area (Å²) in [6.07, 6.45) is 1.94. The zero-order valence-electron chi connectivity index (χ0n) is 7.24. The zero-order chi connectivity index (χ0) is 9.42. The van der Waals surface area contributed by atoms with Crippen LogP contribution in [0.5, 0.6) is 0 Å². The number of aryl methyl sites for hydroxylation is 2. The van der Waals surface area contributed by atoms with E-state index in [2.05, 4.69) is 15.3 Å². The van der Waals surface area contributed by atoms with Crippen molar-refractivity contribution in [2.75, 3.05) is 0 Å². The van der Waals surface area contributed by atoms with E-state index in [1.165, 1.54) is 11.3 Å². The first-order valence-electron chi connectivity index (χ1n) is 3.73. The molecule has 0 atom stereocenters. The molecule has 1 N–H and O–H groups in total. The summed E-state index contributed by atoms with van der Waals surface area (Å²) in [7, 11) is 1.89. The lowest BCUT2D eigenvalue weighted by Gasteiger charge is -1.87. The van der Waals surface area contributed by atoms with Crippen molar-refractivity contribution in [1.82, 2.24) is 20.0 Å². The van der Waals surface area contributed by atoms with Gasteiger partial charge < -0.3 is 0 Å². The molecule has 0 aliphatic rings. The maximum absolute atomic E-state index is 4.96. The van der Waals surface area contributed by atoms with Gasteiger partial charge in [-0.05, 0) is 19.1 Å². The summed E-state index contributed by atoms with van der Waals surface area (Å²) in [5, 5.41) is 12.0. The number of nitrogens with one attached hydrogen (secondary N) is 1. The number of hydrogen-bond donors (Lipinski definition) is 1. The fraction of sp³-hybridized carbons (Fsp3) is 0.286. The molecule has 6 heteroatoms. The van der Waals surface area contributed by atoms with Crippen LogP contribution in [0.1, 0.15) is 5.69 Å². The highest BCUT2D eigenvalue weighted by Gasteiger charge is 2.08. The van der Waals surface area contributed by atoms with E-state index in [0.29, 0.717) is 3.95 Å². The lowest BCUT2D eigenvalue weighted by molar-refractivity contribution is 0.756. The van der Waals surface area contributed by atoms with E-state index in [4.69, 9.17) is 12.2 Å². The third kappa shape index (κ3) is 1.54. The lowest BCUT2D eigenvalue weighted by Crippen LogP contribution is -1.86. The van der Waals surface area contributed by atoms with Crippen molar-refractivity contribution in [1.29, 1.82) is 0 Å². The van der Waals surface area contributed by atoms with Crippen molar-refractivity contribution in [2.24, 2.45) is 7.05 Å². The summed E-state index contributed by atoms with van der Waals surface area (Å²) >= 11 is 6.42. The highest BCUT2D eigenvalue weighted by Crippen LogP contribution is 2.23. The van der Waals surface area contributed by atoms with Crippen LogP contribution < -0.4 is 0 Å². The monoisotopic (exact) mass is 212 g/mol. The minimum atomic E-state index is 0.693. The van der Waals surface area contributed by atoms with E-state index in [1.807, 2.05) is 20.2 Å². The highest BCUT2D eigenvalue weighted by atomic mass is 32.1. The second kappa shape index (κ2) is 3.04. The third-order valence-electron chi connectivity index (χ3n) is 1.68. The Morgan fingerprint density at radius 2 is 2.38 bits per heavy atom. The van der Waals surface area contributed by atoms with Gasteiger partial charge in [-0.3, -0.25) is 9.78 Å². The summed E-state index contributed by atoms with van der Waals surface area (Å²) in [5.41, 5.74) is 2.01. The maximum atomic E-state index is 4.96. The number of rotatable bonds is 1. The van der Waals surface area contributed by atoms with Gasteiger partial charge in [0.25, 0.3) is 0 Å². The van der Waals surface area contributed by atoms with Crippen LogP contribution in [-0.2, 0) is 7.05 Å². The predicted molar refractivity (Wildman–Crippen MR) is 54.2 cm³/mol. The molecular formula is C7H8N4S2. The lowest BCUT2D eigenvalue weighted by atomic mass is 10.3. The number of aromatic amines is 1.